The van der Waals surface area contributed by atoms with Crippen molar-refractivity contribution in [2.24, 2.45) is 5.84 Å². The molecule has 0 aromatic heterocycles. The van der Waals surface area contributed by atoms with Crippen molar-refractivity contribution >= 4 is 27.4 Å². The van der Waals surface area contributed by atoms with Gasteiger partial charge in [0.2, 0.25) is 0 Å². The molecular formula is C7H8ClFN2O3S. The zero-order valence-corrected chi connectivity index (χ0v) is 9.19. The Morgan fingerprint density at radius 2 is 2.13 bits per heavy atom. The molecule has 0 radical (unpaired) electrons. The summed E-state index contributed by atoms with van der Waals surface area (Å²) in [6, 6.07) is 1.95. The second-order valence-electron chi connectivity index (χ2n) is 2.69. The van der Waals surface area contributed by atoms with E-state index in [4.69, 9.17) is 17.4 Å². The van der Waals surface area contributed by atoms with Crippen LogP contribution in [0.4, 0.5) is 10.1 Å². The van der Waals surface area contributed by atoms with Crippen molar-refractivity contribution < 1.29 is 17.0 Å². The Balaban J connectivity index is 3.19. The molecule has 3 N–H and O–H groups in total. The third kappa shape index (κ3) is 3.22. The quantitative estimate of drug-likeness (QED) is 0.480. The van der Waals surface area contributed by atoms with Crippen LogP contribution in [0.15, 0.2) is 12.1 Å². The Morgan fingerprint density at radius 1 is 1.53 bits per heavy atom. The van der Waals surface area contributed by atoms with Crippen LogP contribution < -0.4 is 15.5 Å². The highest BCUT2D eigenvalue weighted by molar-refractivity contribution is 7.86. The van der Waals surface area contributed by atoms with Gasteiger partial charge in [0.25, 0.3) is 0 Å². The summed E-state index contributed by atoms with van der Waals surface area (Å²) in [5.41, 5.74) is 1.93. The lowest BCUT2D eigenvalue weighted by Gasteiger charge is -2.08. The minimum atomic E-state index is -3.71. The zero-order valence-electron chi connectivity index (χ0n) is 7.62. The fraction of sp³-hybridized carbons (Fsp3) is 0.143. The number of nitrogen functional groups attached to an aromatic ring is 1. The number of nitrogens with one attached hydrogen (secondary N) is 1. The van der Waals surface area contributed by atoms with Gasteiger partial charge in [0.1, 0.15) is 5.82 Å². The van der Waals surface area contributed by atoms with Crippen molar-refractivity contribution in [3.05, 3.63) is 23.0 Å². The Morgan fingerprint density at radius 3 is 2.60 bits per heavy atom. The largest absolute Gasteiger partial charge is 0.381 e. The van der Waals surface area contributed by atoms with E-state index in [2.05, 4.69) is 4.18 Å². The minimum absolute atomic E-state index is 0.113. The summed E-state index contributed by atoms with van der Waals surface area (Å²) >= 11 is 5.57. The third-order valence-corrected chi connectivity index (χ3v) is 2.20. The third-order valence-electron chi connectivity index (χ3n) is 1.42. The van der Waals surface area contributed by atoms with Crippen LogP contribution >= 0.6 is 11.6 Å². The van der Waals surface area contributed by atoms with Gasteiger partial charge in [-0.05, 0) is 6.07 Å². The Hall–Kier alpha value is -1.05. The lowest BCUT2D eigenvalue weighted by Crippen LogP contribution is -2.10. The smallest absolute Gasteiger partial charge is 0.306 e. The lowest BCUT2D eigenvalue weighted by molar-refractivity contribution is 0.492. The number of benzene rings is 1. The molecule has 84 valence electrons. The first-order chi connectivity index (χ1) is 6.83. The van der Waals surface area contributed by atoms with Crippen molar-refractivity contribution in [2.45, 2.75) is 0 Å². The first-order valence-corrected chi connectivity index (χ1v) is 5.88. The molecule has 0 saturated carbocycles. The highest BCUT2D eigenvalue weighted by atomic mass is 35.5. The Kier molecular flexibility index (Phi) is 3.38. The van der Waals surface area contributed by atoms with Crippen molar-refractivity contribution in [3.8, 4) is 5.75 Å². The van der Waals surface area contributed by atoms with Crippen molar-refractivity contribution in [1.29, 1.82) is 0 Å². The van der Waals surface area contributed by atoms with Gasteiger partial charge in [0.05, 0.1) is 17.0 Å². The number of nitrogens with two attached hydrogens (primary N) is 1. The molecule has 1 rings (SSSR count). The maximum absolute atomic E-state index is 13.0. The molecule has 0 saturated heterocycles. The molecule has 0 atom stereocenters. The molecular weight excluding hydrogens is 247 g/mol. The van der Waals surface area contributed by atoms with Crippen LogP contribution in [0.25, 0.3) is 0 Å². The van der Waals surface area contributed by atoms with E-state index in [1.54, 1.807) is 0 Å². The van der Waals surface area contributed by atoms with Gasteiger partial charge in [-0.3, -0.25) is 5.84 Å². The number of hydrazine groups is 1. The molecule has 0 aliphatic heterocycles. The number of hydrogen-bond donors (Lipinski definition) is 2. The van der Waals surface area contributed by atoms with Gasteiger partial charge in [-0.2, -0.15) is 8.42 Å². The predicted octanol–water partition coefficient (Wildman–Crippen LogP) is 1.10. The highest BCUT2D eigenvalue weighted by Crippen LogP contribution is 2.30. The number of halogens is 2. The maximum Gasteiger partial charge on any atom is 0.306 e. The summed E-state index contributed by atoms with van der Waals surface area (Å²) in [4.78, 5) is 0. The molecule has 0 amide bonds. The van der Waals surface area contributed by atoms with Gasteiger partial charge in [0, 0.05) is 6.07 Å². The summed E-state index contributed by atoms with van der Waals surface area (Å²) in [5, 5.41) is -0.156. The topological polar surface area (TPSA) is 81.4 Å². The summed E-state index contributed by atoms with van der Waals surface area (Å²) in [7, 11) is -3.71. The van der Waals surface area contributed by atoms with Crippen LogP contribution in [0.2, 0.25) is 5.02 Å². The normalized spacial score (nSPS) is 11.2. The SMILES string of the molecule is CS(=O)(=O)Oc1cc(NN)c(F)cc1Cl. The van der Waals surface area contributed by atoms with Gasteiger partial charge in [-0.15, -0.1) is 0 Å². The van der Waals surface area contributed by atoms with Gasteiger partial charge >= 0.3 is 10.1 Å². The van der Waals surface area contributed by atoms with Crippen LogP contribution in [0.5, 0.6) is 5.75 Å². The fourth-order valence-corrected chi connectivity index (χ4v) is 1.57. The predicted molar refractivity (Wildman–Crippen MR) is 54.7 cm³/mol. The molecule has 1 aromatic carbocycles. The molecule has 0 heterocycles. The molecule has 0 fully saturated rings. The summed E-state index contributed by atoms with van der Waals surface area (Å²) in [6.45, 7) is 0. The fourth-order valence-electron chi connectivity index (χ4n) is 0.867. The van der Waals surface area contributed by atoms with Gasteiger partial charge < -0.3 is 9.61 Å². The first kappa shape index (κ1) is 12.0. The molecule has 0 unspecified atom stereocenters. The highest BCUT2D eigenvalue weighted by Gasteiger charge is 2.13. The van der Waals surface area contributed by atoms with E-state index < -0.39 is 15.9 Å². The van der Waals surface area contributed by atoms with E-state index in [1.807, 2.05) is 5.43 Å². The molecule has 0 bridgehead atoms. The Labute approximate surface area is 91.1 Å². The van der Waals surface area contributed by atoms with Crippen molar-refractivity contribution in [3.63, 3.8) is 0 Å². The summed E-state index contributed by atoms with van der Waals surface area (Å²) in [5.74, 6) is 4.10. The monoisotopic (exact) mass is 254 g/mol. The average Bonchev–Trinajstić information content (AvgIpc) is 2.07. The van der Waals surface area contributed by atoms with Crippen LogP contribution in [0.3, 0.4) is 0 Å². The van der Waals surface area contributed by atoms with E-state index in [9.17, 15) is 12.8 Å². The first-order valence-electron chi connectivity index (χ1n) is 3.68. The Bertz CT molecular complexity index is 477. The summed E-state index contributed by atoms with van der Waals surface area (Å²) in [6.07, 6.45) is 0.849. The molecule has 15 heavy (non-hydrogen) atoms. The average molecular weight is 255 g/mol. The number of anilines is 1. The number of hydrogen-bond acceptors (Lipinski definition) is 5. The van der Waals surface area contributed by atoms with E-state index in [-0.39, 0.29) is 16.5 Å². The standard InChI is InChI=1S/C7H8ClFN2O3S/c1-15(12,13)14-7-3-6(11-10)5(9)2-4(7)8/h2-3,11H,10H2,1H3. The van der Waals surface area contributed by atoms with E-state index in [1.165, 1.54) is 0 Å². The van der Waals surface area contributed by atoms with Crippen molar-refractivity contribution in [2.75, 3.05) is 11.7 Å². The second-order valence-corrected chi connectivity index (χ2v) is 4.68. The number of rotatable bonds is 3. The van der Waals surface area contributed by atoms with E-state index >= 15 is 0 Å². The molecule has 0 aliphatic carbocycles. The van der Waals surface area contributed by atoms with E-state index in [0.717, 1.165) is 18.4 Å². The molecule has 1 aromatic rings. The van der Waals surface area contributed by atoms with Crippen LogP contribution in [-0.2, 0) is 10.1 Å². The summed E-state index contributed by atoms with van der Waals surface area (Å²) < 4.78 is 39.2. The van der Waals surface area contributed by atoms with Crippen LogP contribution in [0.1, 0.15) is 0 Å². The van der Waals surface area contributed by atoms with Crippen LogP contribution in [-0.4, -0.2) is 14.7 Å². The molecule has 5 nitrogen and oxygen atoms in total. The second kappa shape index (κ2) is 4.21. The maximum atomic E-state index is 13.0. The van der Waals surface area contributed by atoms with Gasteiger partial charge in [-0.1, -0.05) is 11.6 Å². The minimum Gasteiger partial charge on any atom is -0.381 e. The van der Waals surface area contributed by atoms with Gasteiger partial charge in [0.15, 0.2) is 5.75 Å². The molecule has 0 aliphatic rings. The van der Waals surface area contributed by atoms with Crippen molar-refractivity contribution in [1.82, 2.24) is 0 Å². The van der Waals surface area contributed by atoms with Gasteiger partial charge in [-0.25, -0.2) is 4.39 Å². The molecule has 0 spiro atoms. The lowest BCUT2D eigenvalue weighted by atomic mass is 10.3. The van der Waals surface area contributed by atoms with Crippen LogP contribution in [0, 0.1) is 5.82 Å². The van der Waals surface area contributed by atoms with E-state index in [0.29, 0.717) is 0 Å². The zero-order chi connectivity index (χ0) is 11.6. The molecule has 8 heteroatoms.